The standard InChI is InChI=1S/C11H17N3O/c1-9-5-7-14-11(8-9)13-6-3-2-4-10(12)15/h5,7-8H,2-4,6H2,1H3,(H2,12,15)(H,13,14). The van der Waals surface area contributed by atoms with E-state index in [1.54, 1.807) is 6.20 Å². The molecule has 3 N–H and O–H groups in total. The highest BCUT2D eigenvalue weighted by molar-refractivity contribution is 5.73. The Hall–Kier alpha value is -1.58. The van der Waals surface area contributed by atoms with Crippen LogP contribution in [-0.4, -0.2) is 17.4 Å². The molecule has 0 aromatic carbocycles. The van der Waals surface area contributed by atoms with Gasteiger partial charge in [0, 0.05) is 19.2 Å². The fraction of sp³-hybridized carbons (Fsp3) is 0.455. The van der Waals surface area contributed by atoms with Crippen molar-refractivity contribution in [3.63, 3.8) is 0 Å². The number of hydrogen-bond donors (Lipinski definition) is 2. The van der Waals surface area contributed by atoms with Crippen molar-refractivity contribution in [2.45, 2.75) is 26.2 Å². The predicted octanol–water partition coefficient (Wildman–Crippen LogP) is 1.46. The molecule has 4 nitrogen and oxygen atoms in total. The number of anilines is 1. The molecule has 0 fully saturated rings. The third-order valence-corrected chi connectivity index (χ3v) is 2.07. The SMILES string of the molecule is Cc1ccnc(NCCCCC(N)=O)c1. The number of carbonyl (C=O) groups is 1. The molecule has 0 unspecified atom stereocenters. The van der Waals surface area contributed by atoms with E-state index in [1.807, 2.05) is 19.1 Å². The lowest BCUT2D eigenvalue weighted by molar-refractivity contribution is -0.118. The molecule has 1 rings (SSSR count). The predicted molar refractivity (Wildman–Crippen MR) is 60.5 cm³/mol. The maximum absolute atomic E-state index is 10.5. The molecule has 0 aliphatic carbocycles. The number of aryl methyl sites for hydroxylation is 1. The van der Waals surface area contributed by atoms with E-state index in [2.05, 4.69) is 10.3 Å². The van der Waals surface area contributed by atoms with Gasteiger partial charge in [0.1, 0.15) is 5.82 Å². The Morgan fingerprint density at radius 3 is 3.00 bits per heavy atom. The summed E-state index contributed by atoms with van der Waals surface area (Å²) in [7, 11) is 0. The van der Waals surface area contributed by atoms with Crippen molar-refractivity contribution >= 4 is 11.7 Å². The molecule has 0 spiro atoms. The summed E-state index contributed by atoms with van der Waals surface area (Å²) in [6.07, 6.45) is 4.00. The molecule has 15 heavy (non-hydrogen) atoms. The number of nitrogens with one attached hydrogen (secondary N) is 1. The summed E-state index contributed by atoms with van der Waals surface area (Å²) in [6, 6.07) is 3.95. The van der Waals surface area contributed by atoms with Gasteiger partial charge in [-0.1, -0.05) is 0 Å². The highest BCUT2D eigenvalue weighted by atomic mass is 16.1. The Balaban J connectivity index is 2.17. The molecule has 1 aromatic heterocycles. The van der Waals surface area contributed by atoms with Gasteiger partial charge in [0.25, 0.3) is 0 Å². The van der Waals surface area contributed by atoms with Gasteiger partial charge in [-0.2, -0.15) is 0 Å². The summed E-state index contributed by atoms with van der Waals surface area (Å²) in [5.74, 6) is 0.651. The summed E-state index contributed by atoms with van der Waals surface area (Å²) in [4.78, 5) is 14.6. The molecule has 0 atom stereocenters. The minimum atomic E-state index is -0.233. The molecule has 1 heterocycles. The lowest BCUT2D eigenvalue weighted by Crippen LogP contribution is -2.11. The van der Waals surface area contributed by atoms with Crippen LogP contribution in [0.2, 0.25) is 0 Å². The number of aromatic nitrogens is 1. The maximum Gasteiger partial charge on any atom is 0.217 e. The van der Waals surface area contributed by atoms with Crippen molar-refractivity contribution < 1.29 is 4.79 Å². The van der Waals surface area contributed by atoms with Crippen LogP contribution in [0.1, 0.15) is 24.8 Å². The van der Waals surface area contributed by atoms with Crippen LogP contribution >= 0.6 is 0 Å². The lowest BCUT2D eigenvalue weighted by atomic mass is 10.2. The van der Waals surface area contributed by atoms with Crippen molar-refractivity contribution in [2.75, 3.05) is 11.9 Å². The molecule has 0 saturated carbocycles. The number of unbranched alkanes of at least 4 members (excludes halogenated alkanes) is 1. The normalized spacial score (nSPS) is 9.93. The smallest absolute Gasteiger partial charge is 0.217 e. The van der Waals surface area contributed by atoms with Crippen molar-refractivity contribution in [1.29, 1.82) is 0 Å². The Morgan fingerprint density at radius 2 is 2.33 bits per heavy atom. The maximum atomic E-state index is 10.5. The van der Waals surface area contributed by atoms with E-state index >= 15 is 0 Å². The van der Waals surface area contributed by atoms with E-state index in [0.29, 0.717) is 6.42 Å². The van der Waals surface area contributed by atoms with Gasteiger partial charge in [0.15, 0.2) is 0 Å². The van der Waals surface area contributed by atoms with Gasteiger partial charge in [-0.15, -0.1) is 0 Å². The van der Waals surface area contributed by atoms with Gasteiger partial charge < -0.3 is 11.1 Å². The molecular formula is C11H17N3O. The minimum Gasteiger partial charge on any atom is -0.370 e. The van der Waals surface area contributed by atoms with Gasteiger partial charge in [-0.3, -0.25) is 4.79 Å². The van der Waals surface area contributed by atoms with E-state index in [4.69, 9.17) is 5.73 Å². The van der Waals surface area contributed by atoms with Crippen molar-refractivity contribution in [3.05, 3.63) is 23.9 Å². The van der Waals surface area contributed by atoms with E-state index in [-0.39, 0.29) is 5.91 Å². The van der Waals surface area contributed by atoms with E-state index in [1.165, 1.54) is 5.56 Å². The minimum absolute atomic E-state index is 0.233. The first-order valence-electron chi connectivity index (χ1n) is 5.13. The van der Waals surface area contributed by atoms with Crippen LogP contribution in [0.4, 0.5) is 5.82 Å². The average molecular weight is 207 g/mol. The largest absolute Gasteiger partial charge is 0.370 e. The second kappa shape index (κ2) is 6.01. The Morgan fingerprint density at radius 1 is 1.53 bits per heavy atom. The number of hydrogen-bond acceptors (Lipinski definition) is 3. The van der Waals surface area contributed by atoms with Crippen LogP contribution in [-0.2, 0) is 4.79 Å². The van der Waals surface area contributed by atoms with Gasteiger partial charge in [0.2, 0.25) is 5.91 Å². The second-order valence-electron chi connectivity index (χ2n) is 3.57. The monoisotopic (exact) mass is 207 g/mol. The summed E-state index contributed by atoms with van der Waals surface area (Å²) >= 11 is 0. The summed E-state index contributed by atoms with van der Waals surface area (Å²) in [5, 5.41) is 3.20. The summed E-state index contributed by atoms with van der Waals surface area (Å²) in [6.45, 7) is 2.85. The van der Waals surface area contributed by atoms with Crippen LogP contribution in [0, 0.1) is 6.92 Å². The number of nitrogens with two attached hydrogens (primary N) is 1. The highest BCUT2D eigenvalue weighted by Crippen LogP contribution is 2.05. The van der Waals surface area contributed by atoms with Gasteiger partial charge in [-0.25, -0.2) is 4.98 Å². The van der Waals surface area contributed by atoms with Gasteiger partial charge >= 0.3 is 0 Å². The van der Waals surface area contributed by atoms with Gasteiger partial charge in [0.05, 0.1) is 0 Å². The molecule has 0 bridgehead atoms. The zero-order valence-corrected chi connectivity index (χ0v) is 8.99. The summed E-state index contributed by atoms with van der Waals surface area (Å²) < 4.78 is 0. The molecule has 82 valence electrons. The van der Waals surface area contributed by atoms with E-state index in [9.17, 15) is 4.79 Å². The Kier molecular flexibility index (Phi) is 4.60. The Labute approximate surface area is 89.9 Å². The van der Waals surface area contributed by atoms with Gasteiger partial charge in [-0.05, 0) is 37.5 Å². The fourth-order valence-corrected chi connectivity index (χ4v) is 1.27. The van der Waals surface area contributed by atoms with Crippen molar-refractivity contribution in [1.82, 2.24) is 4.98 Å². The first-order valence-corrected chi connectivity index (χ1v) is 5.13. The van der Waals surface area contributed by atoms with Crippen LogP contribution in [0.5, 0.6) is 0 Å². The molecule has 0 aliphatic heterocycles. The third-order valence-electron chi connectivity index (χ3n) is 2.07. The van der Waals surface area contributed by atoms with Crippen LogP contribution < -0.4 is 11.1 Å². The quantitative estimate of drug-likeness (QED) is 0.694. The number of amides is 1. The van der Waals surface area contributed by atoms with Crippen molar-refractivity contribution in [3.8, 4) is 0 Å². The molecule has 0 aliphatic rings. The first-order chi connectivity index (χ1) is 7.18. The van der Waals surface area contributed by atoms with E-state index < -0.39 is 0 Å². The number of carbonyl (C=O) groups excluding carboxylic acids is 1. The van der Waals surface area contributed by atoms with Crippen LogP contribution in [0.3, 0.4) is 0 Å². The molecule has 1 aromatic rings. The number of primary amides is 1. The molecule has 4 heteroatoms. The topological polar surface area (TPSA) is 68.0 Å². The zero-order chi connectivity index (χ0) is 11.1. The number of pyridine rings is 1. The van der Waals surface area contributed by atoms with E-state index in [0.717, 1.165) is 25.2 Å². The molecule has 0 saturated heterocycles. The van der Waals surface area contributed by atoms with Crippen LogP contribution in [0.25, 0.3) is 0 Å². The lowest BCUT2D eigenvalue weighted by Gasteiger charge is -2.05. The average Bonchev–Trinajstić information content (AvgIpc) is 2.17. The third kappa shape index (κ3) is 5.00. The molecule has 0 radical (unpaired) electrons. The summed E-state index contributed by atoms with van der Waals surface area (Å²) in [5.41, 5.74) is 6.22. The first kappa shape index (κ1) is 11.5. The van der Waals surface area contributed by atoms with Crippen LogP contribution in [0.15, 0.2) is 18.3 Å². The molecular weight excluding hydrogens is 190 g/mol. The second-order valence-corrected chi connectivity index (χ2v) is 3.57. The zero-order valence-electron chi connectivity index (χ0n) is 8.99. The van der Waals surface area contributed by atoms with Crippen molar-refractivity contribution in [2.24, 2.45) is 5.73 Å². The fourth-order valence-electron chi connectivity index (χ4n) is 1.27. The molecule has 1 amide bonds. The number of rotatable bonds is 6. The highest BCUT2D eigenvalue weighted by Gasteiger charge is 1.95. The number of nitrogens with zero attached hydrogens (tertiary/aromatic N) is 1. The Bertz CT molecular complexity index is 325.